The Morgan fingerprint density at radius 2 is 2.00 bits per heavy atom. The summed E-state index contributed by atoms with van der Waals surface area (Å²) in [4.78, 5) is 7.90. The maximum absolute atomic E-state index is 6.03. The van der Waals surface area contributed by atoms with E-state index in [0.29, 0.717) is 31.8 Å². The van der Waals surface area contributed by atoms with Gasteiger partial charge in [-0.05, 0) is 34.1 Å². The van der Waals surface area contributed by atoms with Crippen LogP contribution in [0.5, 0.6) is 0 Å². The van der Waals surface area contributed by atoms with Gasteiger partial charge in [0.05, 0.1) is 10.7 Å². The molecule has 88 valence electrons. The number of nitrogens with one attached hydrogen (secondary N) is 1. The molecule has 0 unspecified atom stereocenters. The van der Waals surface area contributed by atoms with Gasteiger partial charge in [0, 0.05) is 5.02 Å². The Kier molecular flexibility index (Phi) is 3.71. The molecule has 0 bridgehead atoms. The van der Waals surface area contributed by atoms with Crippen LogP contribution in [0.4, 0.5) is 17.3 Å². The first kappa shape index (κ1) is 12.4. The Labute approximate surface area is 116 Å². The zero-order valence-electron chi connectivity index (χ0n) is 8.42. The lowest BCUT2D eigenvalue weighted by Gasteiger charge is -2.09. The van der Waals surface area contributed by atoms with E-state index in [0.717, 1.165) is 0 Å². The van der Waals surface area contributed by atoms with Crippen molar-refractivity contribution in [3.05, 3.63) is 39.0 Å². The van der Waals surface area contributed by atoms with Crippen molar-refractivity contribution in [1.29, 1.82) is 0 Å². The number of hydrogen-bond donors (Lipinski definition) is 2. The quantitative estimate of drug-likeness (QED) is 0.875. The average Bonchev–Trinajstić information content (AvgIpc) is 2.28. The van der Waals surface area contributed by atoms with Gasteiger partial charge in [0.2, 0.25) is 0 Å². The fourth-order valence-electron chi connectivity index (χ4n) is 1.19. The van der Waals surface area contributed by atoms with Crippen LogP contribution >= 0.6 is 39.1 Å². The minimum atomic E-state index is 0.354. The van der Waals surface area contributed by atoms with Crippen LogP contribution in [0.25, 0.3) is 0 Å². The molecule has 0 aliphatic heterocycles. The monoisotopic (exact) mass is 332 g/mol. The van der Waals surface area contributed by atoms with E-state index in [1.54, 1.807) is 18.2 Å². The molecule has 1 heterocycles. The number of nitrogens with zero attached hydrogens (tertiary/aromatic N) is 2. The zero-order valence-corrected chi connectivity index (χ0v) is 11.5. The van der Waals surface area contributed by atoms with Gasteiger partial charge in [0.15, 0.2) is 0 Å². The third-order valence-corrected chi connectivity index (χ3v) is 3.33. The summed E-state index contributed by atoms with van der Waals surface area (Å²) in [5, 5.41) is 4.11. The second-order valence-corrected chi connectivity index (χ2v) is 4.81. The van der Waals surface area contributed by atoms with E-state index in [-0.39, 0.29) is 0 Å². The van der Waals surface area contributed by atoms with Crippen molar-refractivity contribution >= 4 is 56.5 Å². The highest BCUT2D eigenvalue weighted by atomic mass is 79.9. The number of halogens is 3. The number of nitrogen functional groups attached to an aromatic ring is 1. The molecular formula is C10H7BrCl2N4. The van der Waals surface area contributed by atoms with Crippen molar-refractivity contribution in [2.24, 2.45) is 0 Å². The molecule has 0 fully saturated rings. The largest absolute Gasteiger partial charge is 0.383 e. The maximum atomic E-state index is 6.03. The normalized spacial score (nSPS) is 10.3. The van der Waals surface area contributed by atoms with Gasteiger partial charge >= 0.3 is 0 Å². The molecule has 0 spiro atoms. The summed E-state index contributed by atoms with van der Waals surface area (Å²) in [6, 6.07) is 5.13. The van der Waals surface area contributed by atoms with Crippen molar-refractivity contribution in [2.45, 2.75) is 0 Å². The van der Waals surface area contributed by atoms with Crippen molar-refractivity contribution in [2.75, 3.05) is 11.1 Å². The van der Waals surface area contributed by atoms with Crippen LogP contribution in [0, 0.1) is 0 Å². The van der Waals surface area contributed by atoms with E-state index >= 15 is 0 Å². The van der Waals surface area contributed by atoms with Crippen LogP contribution in [0.15, 0.2) is 29.0 Å². The van der Waals surface area contributed by atoms with E-state index in [1.165, 1.54) is 6.33 Å². The Morgan fingerprint density at radius 3 is 2.71 bits per heavy atom. The summed E-state index contributed by atoms with van der Waals surface area (Å²) in [6.07, 6.45) is 1.37. The zero-order chi connectivity index (χ0) is 12.4. The molecule has 17 heavy (non-hydrogen) atoms. The summed E-state index contributed by atoms with van der Waals surface area (Å²) in [6.45, 7) is 0. The van der Waals surface area contributed by atoms with Gasteiger partial charge < -0.3 is 11.1 Å². The lowest BCUT2D eigenvalue weighted by molar-refractivity contribution is 1.16. The fourth-order valence-corrected chi connectivity index (χ4v) is 1.95. The first-order valence-corrected chi connectivity index (χ1v) is 6.11. The highest BCUT2D eigenvalue weighted by molar-refractivity contribution is 9.10. The molecule has 3 N–H and O–H groups in total. The minimum Gasteiger partial charge on any atom is -0.383 e. The molecule has 0 saturated carbocycles. The van der Waals surface area contributed by atoms with Crippen LogP contribution in [0.1, 0.15) is 0 Å². The van der Waals surface area contributed by atoms with Gasteiger partial charge in [0.25, 0.3) is 0 Å². The summed E-state index contributed by atoms with van der Waals surface area (Å²) >= 11 is 15.1. The first-order chi connectivity index (χ1) is 8.08. The molecule has 2 aromatic rings. The van der Waals surface area contributed by atoms with E-state index in [2.05, 4.69) is 31.2 Å². The molecule has 0 aliphatic carbocycles. The molecule has 4 nitrogen and oxygen atoms in total. The number of hydrogen-bond acceptors (Lipinski definition) is 4. The van der Waals surface area contributed by atoms with Crippen LogP contribution < -0.4 is 11.1 Å². The van der Waals surface area contributed by atoms with Crippen molar-refractivity contribution in [3.63, 3.8) is 0 Å². The molecular weight excluding hydrogens is 327 g/mol. The highest BCUT2D eigenvalue weighted by Crippen LogP contribution is 2.31. The molecule has 0 amide bonds. The number of benzene rings is 1. The predicted molar refractivity (Wildman–Crippen MR) is 73.9 cm³/mol. The summed E-state index contributed by atoms with van der Waals surface area (Å²) in [7, 11) is 0. The van der Waals surface area contributed by atoms with Gasteiger partial charge in [-0.25, -0.2) is 9.97 Å². The molecule has 0 saturated heterocycles. The van der Waals surface area contributed by atoms with E-state index in [1.807, 2.05) is 0 Å². The van der Waals surface area contributed by atoms with Crippen LogP contribution in [-0.2, 0) is 0 Å². The number of anilines is 3. The van der Waals surface area contributed by atoms with Gasteiger partial charge in [-0.2, -0.15) is 0 Å². The van der Waals surface area contributed by atoms with Gasteiger partial charge in [0.1, 0.15) is 22.4 Å². The maximum Gasteiger partial charge on any atom is 0.150 e. The van der Waals surface area contributed by atoms with Gasteiger partial charge in [-0.3, -0.25) is 0 Å². The highest BCUT2D eigenvalue weighted by Gasteiger charge is 2.08. The fraction of sp³-hybridized carbons (Fsp3) is 0. The molecule has 0 radical (unpaired) electrons. The molecule has 1 aromatic carbocycles. The van der Waals surface area contributed by atoms with Crippen LogP contribution in [0.2, 0.25) is 10.0 Å². The van der Waals surface area contributed by atoms with E-state index in [9.17, 15) is 0 Å². The Hall–Kier alpha value is -1.04. The molecule has 0 atom stereocenters. The average molecular weight is 334 g/mol. The molecule has 7 heteroatoms. The SMILES string of the molecule is Nc1ncnc(Nc2ccc(Cl)cc2Cl)c1Br. The number of nitrogens with two attached hydrogens (primary N) is 1. The van der Waals surface area contributed by atoms with E-state index in [4.69, 9.17) is 28.9 Å². The van der Waals surface area contributed by atoms with Crippen LogP contribution in [0.3, 0.4) is 0 Å². The third kappa shape index (κ3) is 2.80. The lowest BCUT2D eigenvalue weighted by Crippen LogP contribution is -2.00. The first-order valence-electron chi connectivity index (χ1n) is 4.56. The smallest absolute Gasteiger partial charge is 0.150 e. The molecule has 2 rings (SSSR count). The second kappa shape index (κ2) is 5.08. The lowest BCUT2D eigenvalue weighted by atomic mass is 10.3. The summed E-state index contributed by atoms with van der Waals surface area (Å²) in [5.74, 6) is 0.898. The number of rotatable bonds is 2. The minimum absolute atomic E-state index is 0.354. The molecule has 1 aromatic heterocycles. The summed E-state index contributed by atoms with van der Waals surface area (Å²) < 4.78 is 0.589. The third-order valence-electron chi connectivity index (χ3n) is 2.00. The number of aromatic nitrogens is 2. The Bertz CT molecular complexity index is 562. The van der Waals surface area contributed by atoms with Gasteiger partial charge in [-0.15, -0.1) is 0 Å². The van der Waals surface area contributed by atoms with Crippen molar-refractivity contribution in [3.8, 4) is 0 Å². The Balaban J connectivity index is 2.35. The topological polar surface area (TPSA) is 63.8 Å². The molecule has 0 aliphatic rings. The second-order valence-electron chi connectivity index (χ2n) is 3.17. The van der Waals surface area contributed by atoms with Crippen molar-refractivity contribution < 1.29 is 0 Å². The van der Waals surface area contributed by atoms with Crippen LogP contribution in [-0.4, -0.2) is 9.97 Å². The van der Waals surface area contributed by atoms with E-state index < -0.39 is 0 Å². The predicted octanol–water partition coefficient (Wildman–Crippen LogP) is 3.87. The van der Waals surface area contributed by atoms with Gasteiger partial charge in [-0.1, -0.05) is 23.2 Å². The van der Waals surface area contributed by atoms with Crippen molar-refractivity contribution in [1.82, 2.24) is 9.97 Å². The summed E-state index contributed by atoms with van der Waals surface area (Å²) in [5.41, 5.74) is 6.33. The standard InChI is InChI=1S/C10H7BrCl2N4/c11-8-9(14)15-4-16-10(8)17-7-2-1-5(12)3-6(7)13/h1-4H,(H3,14,15,16,17). The Morgan fingerprint density at radius 1 is 1.24 bits per heavy atom.